The third-order valence-corrected chi connectivity index (χ3v) is 43.4. The molecule has 4 aliphatic heterocycles. The molecule has 1 amide bonds. The van der Waals surface area contributed by atoms with Crippen LogP contribution in [0.3, 0.4) is 0 Å². The second kappa shape index (κ2) is 50.0. The van der Waals surface area contributed by atoms with Crippen molar-refractivity contribution < 1.29 is 124 Å². The number of allylic oxidation sites excluding steroid dienone is 1. The average molecular weight is 2390 g/mol. The molecule has 0 saturated carbocycles. The molecule has 14 aromatic carbocycles. The number of methoxy groups -OCH3 is 1. The number of hydrogen-bond donors (Lipinski definition) is 10. The summed E-state index contributed by atoms with van der Waals surface area (Å²) in [5, 5.41) is 94.9. The number of aliphatic carboxylic acids is 2. The zero-order valence-electron chi connectivity index (χ0n) is 75.1. The van der Waals surface area contributed by atoms with Gasteiger partial charge >= 0.3 is 41.8 Å². The Morgan fingerprint density at radius 3 is 1.68 bits per heavy atom. The maximum absolute atomic E-state index is 13.3. The van der Waals surface area contributed by atoms with E-state index in [1.165, 1.54) is 61.2 Å². The third-order valence-electron chi connectivity index (χ3n) is 21.9. The van der Waals surface area contributed by atoms with Crippen molar-refractivity contribution in [1.29, 1.82) is 0 Å². The van der Waals surface area contributed by atoms with Crippen LogP contribution in [0.1, 0.15) is 131 Å². The molecule has 2 aliphatic carbocycles. The number of carboxylic acid groups (broad SMARTS) is 5. The van der Waals surface area contributed by atoms with Gasteiger partial charge in [-0.05, 0) is 202 Å². The topological polar surface area (TPSA) is 428 Å². The number of amides is 1. The van der Waals surface area contributed by atoms with Crippen LogP contribution < -0.4 is 19.5 Å². The number of carbonyl (C=O) groups is 11. The van der Waals surface area contributed by atoms with Crippen LogP contribution in [0.15, 0.2) is 285 Å². The lowest BCUT2D eigenvalue weighted by molar-refractivity contribution is -0.158. The summed E-state index contributed by atoms with van der Waals surface area (Å²) < 4.78 is 36.8. The standard InChI is InChI=1S/C24H14O3.C17H14O2.C16H12O4.C15H11ClO3.C14H13NO6.C8H6Cl2O3.C7H3Cl3O2.C4H3I3O2.CH5P/c25-23(18-6-1-2-7-20(18)24(26)27)19-13-11-16-9-8-14-4-3-5-15-10-12-17(19)22(16)21(14)15;1-12(11-13-7-3-2-4-8-13)16-14-9-5-6-10-15(14)17(18)19-16;17-14(11-6-2-1-3-7-11)10-15(18)12-8-4-5-9-13(12)16(19)20;1-19-14(17)15(18)12-5-3-2-4-10(12)11-7-6-9(16)8-13(11)15;16-8-1-6-5-2-9-10(21-4-20-9)3-7(5)14(19)15-11(6)13(18)12(8)17;9-5-1-2-7(6(10)3-5)13-4-8(11)12;8-3-1-2-4(9)6(10)5(3)7(11)12;8-4(9)3-1-5-2-6-7-3;1-2/h1-13H,(H,26,27);2-10H,11H2,1H3;1-9H,10H2,(H,19,20);2-8,18H,1H3;1-3,8,11-13,16-18H,4H2,(H,15,19);1-3H,4H2,(H,11,12);1-2H,(H,11,12);1-2H,(H,8,9);2H2,1H3/b;16-12-;;;;;;;/i;;;;;;;;1D. The fraction of sp³-hybridized carbons (Fsp3) is 0.113. The van der Waals surface area contributed by atoms with E-state index in [4.69, 9.17) is 115 Å². The molecule has 6 atom stereocenters. The number of aliphatic hydroxyl groups excluding tert-OH is 3. The van der Waals surface area contributed by atoms with Crippen molar-refractivity contribution >= 4 is 251 Å². The maximum Gasteiger partial charge on any atom is 0.347 e. The Hall–Kier alpha value is -12.4. The SMILES string of the molecule is C/C(Cc1ccccc1)=C1/OC(=O)c2ccccc21.COC(=O)C1(O)c2ccccc2-c2ccc(Cl)cc21.O=C(CC(=O)c1ccccc1C(=O)O)c1ccccc1.O=C(O)C1=II=CI=C1.O=C(O)COc1ccc(Cl)cc1Cl.O=C(O)c1c(Cl)ccc(Cl)c1Cl.O=C(O)c1ccccc1C(=O)c1ccc2ccc3cccc4ccc1c2c34.O=C1NC2C(=CC(O)C(O)C2O)c2cc3c(cc21)OCO3.[2H]CP. The maximum atomic E-state index is 13.3. The highest BCUT2D eigenvalue weighted by Crippen LogP contribution is 2.50. The van der Waals surface area contributed by atoms with Crippen molar-refractivity contribution in [2.75, 3.05) is 27.2 Å². The molecule has 6 aliphatic rings. The summed E-state index contributed by atoms with van der Waals surface area (Å²) in [6.07, 6.45) is -1.91. The van der Waals surface area contributed by atoms with Crippen LogP contribution in [0.2, 0.25) is 30.1 Å². The Morgan fingerprint density at radius 2 is 1.08 bits per heavy atom. The number of hydrogen-bond acceptors (Lipinski definition) is 20. The monoisotopic (exact) mass is 2390 g/mol. The minimum atomic E-state index is -1.79. The van der Waals surface area contributed by atoms with Gasteiger partial charge in [-0.25, -0.2) is 33.6 Å². The normalized spacial score (nSPS) is 16.2. The molecule has 0 fully saturated rings. The molecule has 728 valence electrons. The lowest BCUT2D eigenvalue weighted by Gasteiger charge is -2.39. The molecule has 20 rings (SSSR count). The molecule has 10 N–H and O–H groups in total. The van der Waals surface area contributed by atoms with Gasteiger partial charge < -0.3 is 75.0 Å². The third kappa shape index (κ3) is 25.6. The van der Waals surface area contributed by atoms with Crippen molar-refractivity contribution in [3.8, 4) is 28.4 Å². The molecule has 0 aromatic heterocycles. The van der Waals surface area contributed by atoms with Gasteiger partial charge in [0.1, 0.15) is 33.3 Å². The number of carboxylic acids is 5. The zero-order chi connectivity index (χ0) is 103. The van der Waals surface area contributed by atoms with Gasteiger partial charge in [-0.2, -0.15) is 0 Å². The summed E-state index contributed by atoms with van der Waals surface area (Å²) in [6, 6.07) is 78.7. The van der Waals surface area contributed by atoms with Crippen molar-refractivity contribution in [1.82, 2.24) is 5.32 Å². The molecule has 142 heavy (non-hydrogen) atoms. The smallest absolute Gasteiger partial charge is 0.347 e. The van der Waals surface area contributed by atoms with E-state index in [1.807, 2.05) is 83.7 Å². The molecule has 14 aromatic rings. The number of ketones is 3. The van der Waals surface area contributed by atoms with E-state index in [9.17, 15) is 78.3 Å². The van der Waals surface area contributed by atoms with E-state index in [0.717, 1.165) is 64.5 Å². The van der Waals surface area contributed by atoms with Gasteiger partial charge in [-0.1, -0.05) is 291 Å². The first-order valence-corrected chi connectivity index (χ1v) is 56.2. The fourth-order valence-corrected chi connectivity index (χ4v) is 37.4. The molecule has 36 heteroatoms. The number of halogens is 9. The fourth-order valence-electron chi connectivity index (χ4n) is 15.5. The first kappa shape index (κ1) is 107. The number of cyclic esters (lactones) is 1. The molecule has 26 nitrogen and oxygen atoms in total. The summed E-state index contributed by atoms with van der Waals surface area (Å²) in [5.41, 5.74) is 7.20. The summed E-state index contributed by atoms with van der Waals surface area (Å²) in [6.45, 7) is 2.10. The predicted molar refractivity (Wildman–Crippen MR) is 577 cm³/mol. The van der Waals surface area contributed by atoms with Crippen LogP contribution >= 0.6 is 133 Å². The van der Waals surface area contributed by atoms with E-state index in [-0.39, 0.29) is 134 Å². The highest BCUT2D eigenvalue weighted by atomic mass is 128. The highest BCUT2D eigenvalue weighted by Gasteiger charge is 2.49. The lowest BCUT2D eigenvalue weighted by atomic mass is 9.79. The van der Waals surface area contributed by atoms with Crippen molar-refractivity contribution in [3.05, 3.63) is 393 Å². The van der Waals surface area contributed by atoms with Crippen LogP contribution in [-0.2, 0) is 35.9 Å². The minimum absolute atomic E-state index is 0.0215. The number of aromatic carboxylic acids is 3. The summed E-state index contributed by atoms with van der Waals surface area (Å²) in [5.74, 6) is -5.56. The Morgan fingerprint density at radius 1 is 0.528 bits per heavy atom. The van der Waals surface area contributed by atoms with Gasteiger partial charge in [0.25, 0.3) is 5.91 Å². The number of fused-ring (bicyclic) bond motifs is 8. The van der Waals surface area contributed by atoms with Gasteiger partial charge in [-0.15, -0.1) is 9.24 Å². The molecule has 4 heterocycles. The molecular formula is C106H81Cl6I3NO25P. The van der Waals surface area contributed by atoms with E-state index in [2.05, 4.69) is 53.0 Å². The van der Waals surface area contributed by atoms with Crippen LogP contribution in [0.4, 0.5) is 0 Å². The highest BCUT2D eigenvalue weighted by molar-refractivity contribution is 15.1. The number of nitrogens with one attached hydrogen (secondary N) is 1. The Kier molecular flexibility index (Phi) is 37.6. The Bertz CT molecular complexity index is 7440. The van der Waals surface area contributed by atoms with E-state index >= 15 is 0 Å². The molecule has 0 saturated heterocycles. The largest absolute Gasteiger partial charge is 0.480 e. The van der Waals surface area contributed by atoms with Crippen molar-refractivity contribution in [2.24, 2.45) is 0 Å². The van der Waals surface area contributed by atoms with Crippen LogP contribution in [0.5, 0.6) is 17.2 Å². The molecular weight excluding hydrogens is 2310 g/mol. The number of rotatable bonds is 16. The Balaban J connectivity index is 0.000000148. The molecule has 0 spiro atoms. The number of benzene rings is 14. The lowest BCUT2D eigenvalue weighted by Crippen LogP contribution is -2.57. The van der Waals surface area contributed by atoms with E-state index in [1.54, 1.807) is 121 Å². The van der Waals surface area contributed by atoms with Gasteiger partial charge in [0, 0.05) is 52.4 Å². The minimum Gasteiger partial charge on any atom is -0.480 e. The van der Waals surface area contributed by atoms with Gasteiger partial charge in [0.2, 0.25) is 12.4 Å². The van der Waals surface area contributed by atoms with Gasteiger partial charge in [0.15, 0.2) is 35.5 Å². The average Bonchev–Trinajstić information content (AvgIpc) is 1.69. The number of ether oxygens (including phenoxy) is 5. The first-order chi connectivity index (χ1) is 68.5. The molecule has 0 radical (unpaired) electrons. The summed E-state index contributed by atoms with van der Waals surface area (Å²) in [4.78, 5) is 127. The Labute approximate surface area is 870 Å². The second-order valence-electron chi connectivity index (χ2n) is 30.7. The second-order valence-corrected chi connectivity index (χ2v) is 46.1. The number of carbonyl (C=O) groups excluding carboxylic acids is 6. The van der Waals surface area contributed by atoms with Gasteiger partial charge in [0.05, 0.1) is 67.5 Å². The van der Waals surface area contributed by atoms with Gasteiger partial charge in [-0.3, -0.25) is 19.2 Å². The van der Waals surface area contributed by atoms with E-state index in [0.29, 0.717) is 89.2 Å². The van der Waals surface area contributed by atoms with Crippen LogP contribution in [0.25, 0.3) is 54.8 Å². The molecule has 6 unspecified atom stereocenters. The summed E-state index contributed by atoms with van der Waals surface area (Å²) >= 11 is 34.3. The summed E-state index contributed by atoms with van der Waals surface area (Å²) in [7, 11) is 3.50. The molecule has 0 bridgehead atoms. The van der Waals surface area contributed by atoms with Crippen LogP contribution in [0, 0.1) is 0 Å². The zero-order valence-corrected chi connectivity index (χ0v) is 86.3. The van der Waals surface area contributed by atoms with Crippen molar-refractivity contribution in [3.63, 3.8) is 0 Å². The van der Waals surface area contributed by atoms with Crippen molar-refractivity contribution in [2.45, 2.75) is 49.7 Å². The number of aliphatic hydroxyl groups is 4. The van der Waals surface area contributed by atoms with Crippen LogP contribution in [-0.4, -0.2) is 172 Å². The first-order valence-electron chi connectivity index (χ1n) is 42.8. The predicted octanol–water partition coefficient (Wildman–Crippen LogP) is 21.9. The quantitative estimate of drug-likeness (QED) is 0.00817. The number of esters is 2. The number of Topliss-reactive ketones (excluding diaryl/α,β-unsaturated/α-hetero) is 2. The van der Waals surface area contributed by atoms with E-state index < -0.39 is 78.2 Å².